The lowest BCUT2D eigenvalue weighted by Crippen LogP contribution is -2.31. The van der Waals surface area contributed by atoms with Crippen molar-refractivity contribution in [1.29, 1.82) is 0 Å². The number of carbonyl (C=O) groups excluding carboxylic acids is 1. The molecular weight excluding hydrogens is 216 g/mol. The first-order valence-corrected chi connectivity index (χ1v) is 4.91. The molecule has 0 aromatic rings. The molecular formula is C9H12N2O3S. The van der Waals surface area contributed by atoms with Gasteiger partial charge in [0, 0.05) is 13.0 Å². The summed E-state index contributed by atoms with van der Waals surface area (Å²) >= 11 is 4.94. The smallest absolute Gasteiger partial charge is 0.303 e. The van der Waals surface area contributed by atoms with Gasteiger partial charge in [-0.25, -0.2) is 0 Å². The number of aliphatic carboxylic acids is 1. The minimum Gasteiger partial charge on any atom is -0.481 e. The second-order valence-electron chi connectivity index (χ2n) is 3.17. The molecule has 0 spiro atoms. The SMILES string of the molecule is C=CCN1C(=O)[C@@H](CCC(=O)O)NC1=S. The summed E-state index contributed by atoms with van der Waals surface area (Å²) < 4.78 is 0. The molecule has 6 heteroatoms. The lowest BCUT2D eigenvalue weighted by molar-refractivity contribution is -0.137. The Hall–Kier alpha value is -1.43. The maximum Gasteiger partial charge on any atom is 0.303 e. The van der Waals surface area contributed by atoms with Crippen molar-refractivity contribution in [1.82, 2.24) is 10.2 Å². The van der Waals surface area contributed by atoms with E-state index in [4.69, 9.17) is 17.3 Å². The number of carboxylic acids is 1. The molecule has 15 heavy (non-hydrogen) atoms. The second-order valence-corrected chi connectivity index (χ2v) is 3.56. The zero-order chi connectivity index (χ0) is 11.4. The molecule has 2 N–H and O–H groups in total. The summed E-state index contributed by atoms with van der Waals surface area (Å²) in [6.45, 7) is 3.87. The van der Waals surface area contributed by atoms with Crippen LogP contribution in [0, 0.1) is 0 Å². The van der Waals surface area contributed by atoms with Crippen molar-refractivity contribution >= 4 is 29.2 Å². The normalized spacial score (nSPS) is 20.3. The van der Waals surface area contributed by atoms with E-state index in [0.717, 1.165) is 0 Å². The van der Waals surface area contributed by atoms with Crippen LogP contribution in [0.25, 0.3) is 0 Å². The van der Waals surface area contributed by atoms with Crippen LogP contribution in [0.2, 0.25) is 0 Å². The molecule has 1 aliphatic rings. The second kappa shape index (κ2) is 4.88. The molecule has 1 saturated heterocycles. The van der Waals surface area contributed by atoms with Gasteiger partial charge in [0.15, 0.2) is 5.11 Å². The van der Waals surface area contributed by atoms with Gasteiger partial charge in [0.05, 0.1) is 0 Å². The fourth-order valence-electron chi connectivity index (χ4n) is 1.34. The van der Waals surface area contributed by atoms with Crippen LogP contribution >= 0.6 is 12.2 Å². The van der Waals surface area contributed by atoms with Crippen LogP contribution in [0.5, 0.6) is 0 Å². The van der Waals surface area contributed by atoms with Crippen LogP contribution in [0.4, 0.5) is 0 Å². The van der Waals surface area contributed by atoms with E-state index in [1.807, 2.05) is 0 Å². The maximum absolute atomic E-state index is 11.7. The van der Waals surface area contributed by atoms with Gasteiger partial charge in [-0.05, 0) is 18.6 Å². The van der Waals surface area contributed by atoms with Gasteiger partial charge in [0.25, 0.3) is 5.91 Å². The Bertz CT molecular complexity index is 316. The molecule has 0 saturated carbocycles. The van der Waals surface area contributed by atoms with E-state index >= 15 is 0 Å². The largest absolute Gasteiger partial charge is 0.481 e. The number of nitrogens with one attached hydrogen (secondary N) is 1. The van der Waals surface area contributed by atoms with Crippen molar-refractivity contribution in [3.8, 4) is 0 Å². The highest BCUT2D eigenvalue weighted by molar-refractivity contribution is 7.80. The van der Waals surface area contributed by atoms with Crippen LogP contribution in [0.15, 0.2) is 12.7 Å². The maximum atomic E-state index is 11.7. The number of amides is 1. The molecule has 1 fully saturated rings. The van der Waals surface area contributed by atoms with Gasteiger partial charge in [-0.1, -0.05) is 6.08 Å². The fourth-order valence-corrected chi connectivity index (χ4v) is 1.65. The molecule has 0 bridgehead atoms. The lowest BCUT2D eigenvalue weighted by atomic mass is 10.1. The van der Waals surface area contributed by atoms with Gasteiger partial charge in [0.2, 0.25) is 0 Å². The monoisotopic (exact) mass is 228 g/mol. The summed E-state index contributed by atoms with van der Waals surface area (Å²) in [5.41, 5.74) is 0. The first-order valence-electron chi connectivity index (χ1n) is 4.51. The Morgan fingerprint density at radius 3 is 2.93 bits per heavy atom. The lowest BCUT2D eigenvalue weighted by Gasteiger charge is -2.11. The molecule has 1 rings (SSSR count). The Kier molecular flexibility index (Phi) is 3.79. The third-order valence-electron chi connectivity index (χ3n) is 2.07. The van der Waals surface area contributed by atoms with E-state index < -0.39 is 12.0 Å². The standard InChI is InChI=1S/C9H12N2O3S/c1-2-5-11-8(14)6(10-9(11)15)3-4-7(12)13/h2,6H,1,3-5H2,(H,10,15)(H,12,13)/t6-/m1/s1. The number of rotatable bonds is 5. The number of carbonyl (C=O) groups is 2. The van der Waals surface area contributed by atoms with Crippen molar-refractivity contribution in [3.05, 3.63) is 12.7 Å². The Morgan fingerprint density at radius 1 is 1.73 bits per heavy atom. The summed E-state index contributed by atoms with van der Waals surface area (Å²) in [6, 6.07) is -0.506. The van der Waals surface area contributed by atoms with E-state index in [-0.39, 0.29) is 18.7 Å². The number of hydrogen-bond donors (Lipinski definition) is 2. The zero-order valence-electron chi connectivity index (χ0n) is 8.10. The number of hydrogen-bond acceptors (Lipinski definition) is 3. The highest BCUT2D eigenvalue weighted by Gasteiger charge is 2.34. The Morgan fingerprint density at radius 2 is 2.40 bits per heavy atom. The summed E-state index contributed by atoms with van der Waals surface area (Å²) in [5, 5.41) is 11.6. The Balaban J connectivity index is 2.56. The van der Waals surface area contributed by atoms with Crippen molar-refractivity contribution in [3.63, 3.8) is 0 Å². The first kappa shape index (κ1) is 11.6. The molecule has 0 aromatic heterocycles. The minimum atomic E-state index is -0.919. The average molecular weight is 228 g/mol. The van der Waals surface area contributed by atoms with Crippen molar-refractivity contribution in [2.45, 2.75) is 18.9 Å². The number of nitrogens with zero attached hydrogens (tertiary/aromatic N) is 1. The van der Waals surface area contributed by atoms with E-state index in [0.29, 0.717) is 11.7 Å². The first-order chi connectivity index (χ1) is 7.06. The zero-order valence-corrected chi connectivity index (χ0v) is 8.92. The number of carboxylic acid groups (broad SMARTS) is 1. The summed E-state index contributed by atoms with van der Waals surface area (Å²) in [4.78, 5) is 23.4. The van der Waals surface area contributed by atoms with Crippen molar-refractivity contribution in [2.75, 3.05) is 6.54 Å². The summed E-state index contributed by atoms with van der Waals surface area (Å²) in [7, 11) is 0. The minimum absolute atomic E-state index is 0.0477. The van der Waals surface area contributed by atoms with Crippen molar-refractivity contribution in [2.24, 2.45) is 0 Å². The highest BCUT2D eigenvalue weighted by Crippen LogP contribution is 2.11. The predicted octanol–water partition coefficient (Wildman–Crippen LogP) is 0.123. The predicted molar refractivity (Wildman–Crippen MR) is 58.3 cm³/mol. The Labute approximate surface area is 92.7 Å². The van der Waals surface area contributed by atoms with Gasteiger partial charge >= 0.3 is 5.97 Å². The number of thiocarbonyl (C=S) groups is 1. The molecule has 5 nitrogen and oxygen atoms in total. The van der Waals surface area contributed by atoms with Crippen LogP contribution in [0.1, 0.15) is 12.8 Å². The molecule has 0 unspecified atom stereocenters. The van der Waals surface area contributed by atoms with Crippen LogP contribution in [-0.2, 0) is 9.59 Å². The van der Waals surface area contributed by atoms with Gasteiger partial charge in [-0.3, -0.25) is 14.5 Å². The van der Waals surface area contributed by atoms with Gasteiger partial charge in [-0.2, -0.15) is 0 Å². The molecule has 1 heterocycles. The average Bonchev–Trinajstić information content (AvgIpc) is 2.43. The molecule has 1 aliphatic heterocycles. The van der Waals surface area contributed by atoms with Crippen LogP contribution in [0.3, 0.4) is 0 Å². The third-order valence-corrected chi connectivity index (χ3v) is 2.40. The van der Waals surface area contributed by atoms with Gasteiger partial charge < -0.3 is 10.4 Å². The fraction of sp³-hybridized carbons (Fsp3) is 0.444. The molecule has 1 amide bonds. The quantitative estimate of drug-likeness (QED) is 0.517. The summed E-state index contributed by atoms with van der Waals surface area (Å²) in [5.74, 6) is -1.10. The van der Waals surface area contributed by atoms with Crippen LogP contribution < -0.4 is 5.32 Å². The molecule has 0 radical (unpaired) electrons. The van der Waals surface area contributed by atoms with Gasteiger partial charge in [0.1, 0.15) is 6.04 Å². The van der Waals surface area contributed by atoms with E-state index in [1.165, 1.54) is 4.90 Å². The third kappa shape index (κ3) is 2.76. The molecule has 82 valence electrons. The van der Waals surface area contributed by atoms with E-state index in [1.54, 1.807) is 6.08 Å². The molecule has 0 aliphatic carbocycles. The highest BCUT2D eigenvalue weighted by atomic mass is 32.1. The topological polar surface area (TPSA) is 69.6 Å². The van der Waals surface area contributed by atoms with Crippen LogP contribution in [-0.4, -0.2) is 39.6 Å². The summed E-state index contributed by atoms with van der Waals surface area (Å²) in [6.07, 6.45) is 1.78. The van der Waals surface area contributed by atoms with E-state index in [2.05, 4.69) is 11.9 Å². The molecule has 0 aromatic carbocycles. The molecule has 1 atom stereocenters. The van der Waals surface area contributed by atoms with E-state index in [9.17, 15) is 9.59 Å². The van der Waals surface area contributed by atoms with Crippen molar-refractivity contribution < 1.29 is 14.7 Å². The van der Waals surface area contributed by atoms with Gasteiger partial charge in [-0.15, -0.1) is 6.58 Å².